The molecular formula is C23H34O8S. The van der Waals surface area contributed by atoms with Crippen LogP contribution < -0.4 is 0 Å². The lowest BCUT2D eigenvalue weighted by Gasteiger charge is -2.64. The van der Waals surface area contributed by atoms with E-state index in [1.54, 1.807) is 6.08 Å². The van der Waals surface area contributed by atoms with E-state index in [-0.39, 0.29) is 47.1 Å². The van der Waals surface area contributed by atoms with E-state index in [9.17, 15) is 23.4 Å². The molecule has 1 heterocycles. The Morgan fingerprint density at radius 1 is 1.12 bits per heavy atom. The number of hydrogen-bond donors (Lipinski definition) is 3. The van der Waals surface area contributed by atoms with Crippen LogP contribution in [0.3, 0.4) is 0 Å². The third kappa shape index (κ3) is 3.22. The largest absolute Gasteiger partial charge is 0.458 e. The van der Waals surface area contributed by atoms with Gasteiger partial charge in [0.2, 0.25) is 0 Å². The molecule has 0 amide bonds. The zero-order valence-electron chi connectivity index (χ0n) is 18.5. The van der Waals surface area contributed by atoms with Crippen LogP contribution >= 0.6 is 0 Å². The fourth-order valence-electron chi connectivity index (χ4n) is 8.73. The van der Waals surface area contributed by atoms with Crippen LogP contribution in [0.5, 0.6) is 0 Å². The normalized spacial score (nSPS) is 48.4. The molecular weight excluding hydrogens is 436 g/mol. The first-order valence-corrected chi connectivity index (χ1v) is 13.2. The second-order valence-electron chi connectivity index (χ2n) is 11.1. The number of carbonyl (C=O) groups excluding carboxylic acids is 1. The van der Waals surface area contributed by atoms with Crippen molar-refractivity contribution in [3.63, 3.8) is 0 Å². The van der Waals surface area contributed by atoms with Gasteiger partial charge in [0.15, 0.2) is 0 Å². The minimum absolute atomic E-state index is 0.0150. The molecule has 3 N–H and O–H groups in total. The van der Waals surface area contributed by atoms with Gasteiger partial charge in [0.05, 0.1) is 11.7 Å². The molecule has 0 aromatic carbocycles. The van der Waals surface area contributed by atoms with Gasteiger partial charge in [-0.05, 0) is 92.4 Å². The molecule has 180 valence electrons. The molecule has 0 aromatic rings. The maximum Gasteiger partial charge on any atom is 0.397 e. The molecule has 0 spiro atoms. The molecule has 8 nitrogen and oxygen atoms in total. The van der Waals surface area contributed by atoms with Gasteiger partial charge in [-0.25, -0.2) is 8.98 Å². The van der Waals surface area contributed by atoms with Gasteiger partial charge in [0, 0.05) is 18.1 Å². The summed E-state index contributed by atoms with van der Waals surface area (Å²) in [7, 11) is -4.50. The number of hydrogen-bond acceptors (Lipinski definition) is 7. The molecule has 0 aromatic heterocycles. The number of fused-ring (bicyclic) bond motifs is 5. The molecule has 5 rings (SSSR count). The van der Waals surface area contributed by atoms with E-state index >= 15 is 0 Å². The predicted octanol–water partition coefficient (Wildman–Crippen LogP) is 2.40. The Hall–Kier alpha value is -1.00. The topological polar surface area (TPSA) is 130 Å². The Morgan fingerprint density at radius 3 is 2.56 bits per heavy atom. The first-order valence-electron chi connectivity index (χ1n) is 11.9. The van der Waals surface area contributed by atoms with Gasteiger partial charge in [-0.15, -0.1) is 0 Å². The van der Waals surface area contributed by atoms with Crippen molar-refractivity contribution in [1.29, 1.82) is 0 Å². The van der Waals surface area contributed by atoms with Crippen LogP contribution in [0.1, 0.15) is 64.7 Å². The van der Waals surface area contributed by atoms with Crippen LogP contribution in [-0.2, 0) is 24.1 Å². The summed E-state index contributed by atoms with van der Waals surface area (Å²) in [6, 6.07) is 0. The Kier molecular flexibility index (Phi) is 5.34. The molecule has 32 heavy (non-hydrogen) atoms. The van der Waals surface area contributed by atoms with E-state index in [0.717, 1.165) is 37.7 Å². The van der Waals surface area contributed by atoms with E-state index < -0.39 is 22.1 Å². The quantitative estimate of drug-likeness (QED) is 0.422. The third-order valence-electron chi connectivity index (χ3n) is 10.2. The number of aliphatic hydroxyl groups is 2. The molecule has 0 radical (unpaired) electrons. The summed E-state index contributed by atoms with van der Waals surface area (Å²) in [6.45, 7) is 2.50. The van der Waals surface area contributed by atoms with Crippen LogP contribution in [0.15, 0.2) is 11.6 Å². The Labute approximate surface area is 189 Å². The number of ether oxygens (including phenoxy) is 1. The Balaban J connectivity index is 1.42. The minimum atomic E-state index is -4.50. The molecule has 5 aliphatic rings. The van der Waals surface area contributed by atoms with Gasteiger partial charge >= 0.3 is 16.4 Å². The first kappa shape index (κ1) is 22.8. The van der Waals surface area contributed by atoms with E-state index in [4.69, 9.17) is 13.5 Å². The molecule has 8 unspecified atom stereocenters. The van der Waals surface area contributed by atoms with Crippen LogP contribution in [0.4, 0.5) is 0 Å². The van der Waals surface area contributed by atoms with E-state index in [1.807, 2.05) is 0 Å². The molecule has 4 fully saturated rings. The lowest BCUT2D eigenvalue weighted by atomic mass is 9.43. The monoisotopic (exact) mass is 470 g/mol. The summed E-state index contributed by atoms with van der Waals surface area (Å²) in [5, 5.41) is 22.8. The molecule has 8 atom stereocenters. The van der Waals surface area contributed by atoms with E-state index in [2.05, 4.69) is 6.92 Å². The SMILES string of the molecule is CC12CCC3C(CCC4CC(OS(=O)(=O)O)CCC43CO)C1(O)CCC2C1=CC(=O)OC1. The summed E-state index contributed by atoms with van der Waals surface area (Å²) < 4.78 is 41.6. The van der Waals surface area contributed by atoms with Crippen molar-refractivity contribution in [3.8, 4) is 0 Å². The van der Waals surface area contributed by atoms with Crippen molar-refractivity contribution in [3.05, 3.63) is 11.6 Å². The fourth-order valence-corrected chi connectivity index (χ4v) is 9.25. The number of esters is 1. The third-order valence-corrected chi connectivity index (χ3v) is 10.7. The molecule has 0 saturated heterocycles. The van der Waals surface area contributed by atoms with E-state index in [1.165, 1.54) is 0 Å². The van der Waals surface area contributed by atoms with Gasteiger partial charge in [-0.2, -0.15) is 8.42 Å². The number of aliphatic hydroxyl groups excluding tert-OH is 1. The van der Waals surface area contributed by atoms with Gasteiger partial charge in [0.25, 0.3) is 0 Å². The number of cyclic esters (lactones) is 1. The zero-order chi connectivity index (χ0) is 22.9. The standard InChI is InChI=1S/C23H34O8S/c1-21-7-5-18-19(23(21,26)9-6-17(21)14-10-20(25)30-12-14)3-2-15-11-16(31-32(27,28)29)4-8-22(15,18)13-24/h10,15-19,24,26H,2-9,11-13H2,1H3,(H,27,28,29). The van der Waals surface area contributed by atoms with Crippen molar-refractivity contribution in [2.45, 2.75) is 76.4 Å². The summed E-state index contributed by atoms with van der Waals surface area (Å²) in [4.78, 5) is 11.7. The van der Waals surface area contributed by atoms with Gasteiger partial charge in [0.1, 0.15) is 6.61 Å². The summed E-state index contributed by atoms with van der Waals surface area (Å²) in [5.41, 5.74) is -0.548. The van der Waals surface area contributed by atoms with Crippen LogP contribution in [0.2, 0.25) is 0 Å². The predicted molar refractivity (Wildman–Crippen MR) is 114 cm³/mol. The second kappa shape index (κ2) is 7.50. The molecule has 0 bridgehead atoms. The maximum atomic E-state index is 12.2. The Morgan fingerprint density at radius 2 is 1.91 bits per heavy atom. The van der Waals surface area contributed by atoms with Crippen LogP contribution in [0, 0.1) is 34.5 Å². The maximum absolute atomic E-state index is 12.2. The second-order valence-corrected chi connectivity index (χ2v) is 12.1. The van der Waals surface area contributed by atoms with Gasteiger partial charge in [-0.1, -0.05) is 6.92 Å². The fraction of sp³-hybridized carbons (Fsp3) is 0.870. The first-order chi connectivity index (χ1) is 15.0. The van der Waals surface area contributed by atoms with E-state index in [0.29, 0.717) is 32.3 Å². The summed E-state index contributed by atoms with van der Waals surface area (Å²) >= 11 is 0. The lowest BCUT2D eigenvalue weighted by molar-refractivity contribution is -0.218. The molecule has 4 saturated carbocycles. The highest BCUT2D eigenvalue weighted by molar-refractivity contribution is 7.80. The zero-order valence-corrected chi connectivity index (χ0v) is 19.3. The highest BCUT2D eigenvalue weighted by Crippen LogP contribution is 2.70. The molecule has 1 aliphatic heterocycles. The summed E-state index contributed by atoms with van der Waals surface area (Å²) in [5.74, 6) is 0.151. The van der Waals surface area contributed by atoms with Crippen molar-refractivity contribution >= 4 is 16.4 Å². The van der Waals surface area contributed by atoms with Gasteiger partial charge in [-0.3, -0.25) is 4.55 Å². The summed E-state index contributed by atoms with van der Waals surface area (Å²) in [6.07, 6.45) is 7.46. The highest BCUT2D eigenvalue weighted by Gasteiger charge is 2.68. The van der Waals surface area contributed by atoms with Gasteiger partial charge < -0.3 is 14.9 Å². The molecule has 4 aliphatic carbocycles. The Bertz CT molecular complexity index is 930. The van der Waals surface area contributed by atoms with Crippen molar-refractivity contribution < 1.29 is 36.9 Å². The molecule has 9 heteroatoms. The van der Waals surface area contributed by atoms with Crippen molar-refractivity contribution in [1.82, 2.24) is 0 Å². The number of carbonyl (C=O) groups is 1. The minimum Gasteiger partial charge on any atom is -0.458 e. The number of rotatable bonds is 4. The van der Waals surface area contributed by atoms with Crippen LogP contribution in [-0.4, -0.2) is 54.1 Å². The van der Waals surface area contributed by atoms with Crippen molar-refractivity contribution in [2.24, 2.45) is 34.5 Å². The van der Waals surface area contributed by atoms with Crippen LogP contribution in [0.25, 0.3) is 0 Å². The highest BCUT2D eigenvalue weighted by atomic mass is 32.3. The van der Waals surface area contributed by atoms with Crippen molar-refractivity contribution in [2.75, 3.05) is 13.2 Å². The average molecular weight is 471 g/mol. The lowest BCUT2D eigenvalue weighted by Crippen LogP contribution is -2.63. The smallest absolute Gasteiger partial charge is 0.397 e. The average Bonchev–Trinajstić information content (AvgIpc) is 3.26.